The zero-order chi connectivity index (χ0) is 17.1. The third-order valence-electron chi connectivity index (χ3n) is 5.39. The van der Waals surface area contributed by atoms with Crippen LogP contribution in [0.4, 0.5) is 0 Å². The molecule has 1 saturated heterocycles. The minimum Gasteiger partial charge on any atom is -0.484 e. The number of aromatic nitrogens is 2. The Morgan fingerprint density at radius 2 is 1.96 bits per heavy atom. The minimum atomic E-state index is 0.100. The van der Waals surface area contributed by atoms with Gasteiger partial charge in [0.2, 0.25) is 12.3 Å². The van der Waals surface area contributed by atoms with E-state index in [1.54, 1.807) is 0 Å². The van der Waals surface area contributed by atoms with E-state index in [1.807, 2.05) is 24.3 Å². The van der Waals surface area contributed by atoms with Crippen molar-refractivity contribution >= 4 is 5.91 Å². The van der Waals surface area contributed by atoms with Gasteiger partial charge >= 0.3 is 0 Å². The fourth-order valence-corrected chi connectivity index (χ4v) is 4.15. The highest BCUT2D eigenvalue weighted by atomic mass is 16.5. The summed E-state index contributed by atoms with van der Waals surface area (Å²) in [6, 6.07) is 7.79. The van der Waals surface area contributed by atoms with Crippen molar-refractivity contribution in [3.8, 4) is 17.2 Å². The van der Waals surface area contributed by atoms with E-state index in [-0.39, 0.29) is 12.5 Å². The van der Waals surface area contributed by atoms with Crippen molar-refractivity contribution in [3.63, 3.8) is 0 Å². The first kappa shape index (κ1) is 16.1. The fraction of sp³-hybridized carbons (Fsp3) is 0.526. The average molecular weight is 341 g/mol. The number of hydrogen-bond donors (Lipinski definition) is 0. The number of likely N-dealkylation sites (tertiary alicyclic amines) is 1. The van der Waals surface area contributed by atoms with Crippen molar-refractivity contribution < 1.29 is 13.9 Å². The predicted molar refractivity (Wildman–Crippen MR) is 91.9 cm³/mol. The van der Waals surface area contributed by atoms with Gasteiger partial charge in [-0.25, -0.2) is 0 Å². The number of nitrogens with zero attached hydrogens (tertiary/aromatic N) is 3. The van der Waals surface area contributed by atoms with E-state index < -0.39 is 0 Å². The summed E-state index contributed by atoms with van der Waals surface area (Å²) >= 11 is 0. The molecule has 2 aromatic rings. The highest BCUT2D eigenvalue weighted by Crippen LogP contribution is 2.35. The maximum absolute atomic E-state index is 12.6. The standard InChI is InChI=1S/C19H23N3O3/c23-18(22-11-3-5-14-4-1-2-6-17(14)22)12-24-16-9-7-15(8-10-16)19-21-20-13-25-19/h7-10,13-14,17H,1-6,11-12H2/t14-,17+/m1/s1. The molecule has 0 spiro atoms. The Balaban J connectivity index is 1.35. The number of fused-ring (bicyclic) bond motifs is 1. The van der Waals surface area contributed by atoms with E-state index in [0.29, 0.717) is 23.6 Å². The first-order valence-corrected chi connectivity index (χ1v) is 9.10. The second kappa shape index (κ2) is 7.25. The van der Waals surface area contributed by atoms with Gasteiger partial charge in [0, 0.05) is 18.2 Å². The summed E-state index contributed by atoms with van der Waals surface area (Å²) in [5.41, 5.74) is 0.831. The zero-order valence-corrected chi connectivity index (χ0v) is 14.3. The van der Waals surface area contributed by atoms with Crippen molar-refractivity contribution in [1.29, 1.82) is 0 Å². The molecule has 1 saturated carbocycles. The first-order valence-electron chi connectivity index (χ1n) is 9.10. The highest BCUT2D eigenvalue weighted by molar-refractivity contribution is 5.78. The number of rotatable bonds is 4. The summed E-state index contributed by atoms with van der Waals surface area (Å²) in [6.45, 7) is 0.975. The lowest BCUT2D eigenvalue weighted by Crippen LogP contribution is -2.51. The zero-order valence-electron chi connectivity index (χ0n) is 14.3. The largest absolute Gasteiger partial charge is 0.484 e. The Hall–Kier alpha value is -2.37. The van der Waals surface area contributed by atoms with Gasteiger partial charge in [-0.2, -0.15) is 0 Å². The van der Waals surface area contributed by atoms with E-state index in [4.69, 9.17) is 9.15 Å². The predicted octanol–water partition coefficient (Wildman–Crippen LogP) is 3.30. The SMILES string of the molecule is O=C(COc1ccc(-c2nnco2)cc1)N1CCC[C@H]2CCCC[C@@H]21. The van der Waals surface area contributed by atoms with Gasteiger partial charge in [0.25, 0.3) is 5.91 Å². The molecule has 6 nitrogen and oxygen atoms in total. The lowest BCUT2D eigenvalue weighted by Gasteiger charge is -2.44. The lowest BCUT2D eigenvalue weighted by atomic mass is 9.78. The Morgan fingerprint density at radius 1 is 1.16 bits per heavy atom. The molecule has 1 aromatic carbocycles. The second-order valence-electron chi connectivity index (χ2n) is 6.90. The summed E-state index contributed by atoms with van der Waals surface area (Å²) in [6.07, 6.45) is 8.66. The van der Waals surface area contributed by atoms with E-state index in [2.05, 4.69) is 15.1 Å². The van der Waals surface area contributed by atoms with Crippen LogP contribution in [0.5, 0.6) is 5.75 Å². The van der Waals surface area contributed by atoms with Crippen LogP contribution in [0.1, 0.15) is 38.5 Å². The number of carbonyl (C=O) groups is 1. The van der Waals surface area contributed by atoms with Crippen LogP contribution in [0.15, 0.2) is 35.1 Å². The molecule has 4 rings (SSSR count). The molecule has 1 aliphatic heterocycles. The molecule has 1 aliphatic carbocycles. The number of amides is 1. The molecule has 132 valence electrons. The van der Waals surface area contributed by atoms with Crippen LogP contribution >= 0.6 is 0 Å². The molecule has 2 fully saturated rings. The van der Waals surface area contributed by atoms with Crippen LogP contribution in [-0.4, -0.2) is 40.2 Å². The van der Waals surface area contributed by atoms with Crippen molar-refractivity contribution in [2.24, 2.45) is 5.92 Å². The quantitative estimate of drug-likeness (QED) is 0.853. The number of hydrogen-bond acceptors (Lipinski definition) is 5. The maximum atomic E-state index is 12.6. The van der Waals surface area contributed by atoms with Gasteiger partial charge in [0.05, 0.1) is 0 Å². The normalized spacial score (nSPS) is 23.1. The third-order valence-corrected chi connectivity index (χ3v) is 5.39. The highest BCUT2D eigenvalue weighted by Gasteiger charge is 2.35. The number of benzene rings is 1. The summed E-state index contributed by atoms with van der Waals surface area (Å²) in [7, 11) is 0. The van der Waals surface area contributed by atoms with Crippen molar-refractivity contribution in [1.82, 2.24) is 15.1 Å². The van der Waals surface area contributed by atoms with E-state index in [1.165, 1.54) is 32.1 Å². The molecule has 25 heavy (non-hydrogen) atoms. The number of carbonyl (C=O) groups excluding carboxylic acids is 1. The molecule has 1 aromatic heterocycles. The molecule has 0 radical (unpaired) electrons. The maximum Gasteiger partial charge on any atom is 0.260 e. The summed E-state index contributed by atoms with van der Waals surface area (Å²) in [4.78, 5) is 14.7. The van der Waals surface area contributed by atoms with Crippen LogP contribution in [0.3, 0.4) is 0 Å². The summed E-state index contributed by atoms with van der Waals surface area (Å²) in [5.74, 6) is 1.95. The van der Waals surface area contributed by atoms with Crippen molar-refractivity contribution in [3.05, 3.63) is 30.7 Å². The molecular formula is C19H23N3O3. The van der Waals surface area contributed by atoms with Gasteiger partial charge in [0.15, 0.2) is 6.61 Å². The summed E-state index contributed by atoms with van der Waals surface area (Å²) in [5, 5.41) is 7.54. The monoisotopic (exact) mass is 341 g/mol. The van der Waals surface area contributed by atoms with Crippen LogP contribution in [0, 0.1) is 5.92 Å². The lowest BCUT2D eigenvalue weighted by molar-refractivity contribution is -0.139. The van der Waals surface area contributed by atoms with Gasteiger partial charge in [-0.05, 0) is 55.9 Å². The smallest absolute Gasteiger partial charge is 0.260 e. The Kier molecular flexibility index (Phi) is 4.68. The average Bonchev–Trinajstić information content (AvgIpc) is 3.21. The van der Waals surface area contributed by atoms with Crippen LogP contribution in [0.25, 0.3) is 11.5 Å². The molecular weight excluding hydrogens is 318 g/mol. The van der Waals surface area contributed by atoms with E-state index >= 15 is 0 Å². The molecule has 0 N–H and O–H groups in total. The van der Waals surface area contributed by atoms with Gasteiger partial charge in [0.1, 0.15) is 5.75 Å². The van der Waals surface area contributed by atoms with Gasteiger partial charge in [-0.3, -0.25) is 4.79 Å². The Morgan fingerprint density at radius 3 is 2.76 bits per heavy atom. The minimum absolute atomic E-state index is 0.100. The topological polar surface area (TPSA) is 68.5 Å². The number of piperidine rings is 1. The Bertz CT molecular complexity index is 697. The second-order valence-corrected chi connectivity index (χ2v) is 6.90. The molecule has 0 unspecified atom stereocenters. The van der Waals surface area contributed by atoms with Gasteiger partial charge < -0.3 is 14.1 Å². The molecule has 1 amide bonds. The Labute approximate surface area is 147 Å². The van der Waals surface area contributed by atoms with E-state index in [9.17, 15) is 4.79 Å². The van der Waals surface area contributed by atoms with E-state index in [0.717, 1.165) is 24.9 Å². The van der Waals surface area contributed by atoms with Gasteiger partial charge in [-0.1, -0.05) is 12.8 Å². The number of ether oxygens (including phenoxy) is 1. The van der Waals surface area contributed by atoms with Crippen LogP contribution in [0.2, 0.25) is 0 Å². The third kappa shape index (κ3) is 3.52. The molecule has 0 bridgehead atoms. The molecule has 2 heterocycles. The molecule has 2 atom stereocenters. The van der Waals surface area contributed by atoms with Gasteiger partial charge in [-0.15, -0.1) is 10.2 Å². The molecule has 6 heteroatoms. The summed E-state index contributed by atoms with van der Waals surface area (Å²) < 4.78 is 10.9. The fourth-order valence-electron chi connectivity index (χ4n) is 4.15. The van der Waals surface area contributed by atoms with Crippen LogP contribution in [-0.2, 0) is 4.79 Å². The van der Waals surface area contributed by atoms with Crippen molar-refractivity contribution in [2.75, 3.05) is 13.2 Å². The molecule has 2 aliphatic rings. The van der Waals surface area contributed by atoms with Crippen molar-refractivity contribution in [2.45, 2.75) is 44.6 Å². The van der Waals surface area contributed by atoms with Crippen LogP contribution < -0.4 is 4.74 Å². The first-order chi connectivity index (χ1) is 12.3.